The average Bonchev–Trinajstić information content (AvgIpc) is 2.32. The monoisotopic (exact) mass is 329 g/mol. The van der Waals surface area contributed by atoms with Gasteiger partial charge < -0.3 is 5.32 Å². The van der Waals surface area contributed by atoms with E-state index in [2.05, 4.69) is 28.2 Å². The number of halogens is 1. The molecule has 1 atom stereocenters. The summed E-state index contributed by atoms with van der Waals surface area (Å²) in [5.41, 5.74) is 2.01. The molecule has 1 N–H and O–H groups in total. The molecule has 1 aromatic rings. The highest BCUT2D eigenvalue weighted by Gasteiger charge is 2.14. The molecule has 0 heterocycles. The third-order valence-corrected chi connectivity index (χ3v) is 4.51. The van der Waals surface area contributed by atoms with Gasteiger partial charge in [0.2, 0.25) is 5.91 Å². The summed E-state index contributed by atoms with van der Waals surface area (Å²) in [6, 6.07) is 5.93. The summed E-state index contributed by atoms with van der Waals surface area (Å²) in [6.45, 7) is 6.14. The molecule has 0 saturated heterocycles. The summed E-state index contributed by atoms with van der Waals surface area (Å²) < 4.78 is 0.932. The van der Waals surface area contributed by atoms with Crippen LogP contribution in [0.4, 0.5) is 5.69 Å². The largest absolute Gasteiger partial charge is 0.324 e. The van der Waals surface area contributed by atoms with Gasteiger partial charge >= 0.3 is 0 Å². The molecule has 1 unspecified atom stereocenters. The first-order valence-electron chi connectivity index (χ1n) is 6.23. The van der Waals surface area contributed by atoms with E-state index >= 15 is 0 Å². The number of carbonyl (C=O) groups is 1. The van der Waals surface area contributed by atoms with Crippen LogP contribution in [0.15, 0.2) is 22.7 Å². The molecule has 0 aliphatic carbocycles. The maximum absolute atomic E-state index is 12.0. The molecule has 18 heavy (non-hydrogen) atoms. The number of unbranched alkanes of at least 4 members (excludes halogenated alkanes) is 1. The Morgan fingerprint density at radius 1 is 1.50 bits per heavy atom. The van der Waals surface area contributed by atoms with Gasteiger partial charge in [-0.15, -0.1) is 11.8 Å². The van der Waals surface area contributed by atoms with Crippen LogP contribution in [0.3, 0.4) is 0 Å². The van der Waals surface area contributed by atoms with Crippen molar-refractivity contribution in [3.05, 3.63) is 28.2 Å². The SMILES string of the molecule is CCCCSC(C)C(=O)Nc1ccc(C)cc1Br. The van der Waals surface area contributed by atoms with E-state index in [9.17, 15) is 4.79 Å². The predicted octanol–water partition coefficient (Wildman–Crippen LogP) is 4.62. The minimum Gasteiger partial charge on any atom is -0.324 e. The van der Waals surface area contributed by atoms with E-state index in [1.165, 1.54) is 12.0 Å². The van der Waals surface area contributed by atoms with Crippen molar-refractivity contribution >= 4 is 39.3 Å². The van der Waals surface area contributed by atoms with Crippen LogP contribution < -0.4 is 5.32 Å². The first kappa shape index (κ1) is 15.6. The van der Waals surface area contributed by atoms with Crippen LogP contribution in [0.5, 0.6) is 0 Å². The van der Waals surface area contributed by atoms with E-state index in [1.807, 2.05) is 32.0 Å². The standard InChI is InChI=1S/C14H20BrNOS/c1-4-5-8-18-11(3)14(17)16-13-7-6-10(2)9-12(13)15/h6-7,9,11H,4-5,8H2,1-3H3,(H,16,17). The number of hydrogen-bond acceptors (Lipinski definition) is 2. The normalized spacial score (nSPS) is 12.2. The molecule has 0 radical (unpaired) electrons. The van der Waals surface area contributed by atoms with E-state index in [0.29, 0.717) is 0 Å². The first-order chi connectivity index (χ1) is 8.54. The lowest BCUT2D eigenvalue weighted by molar-refractivity contribution is -0.115. The van der Waals surface area contributed by atoms with Crippen LogP contribution in [0.1, 0.15) is 32.3 Å². The smallest absolute Gasteiger partial charge is 0.237 e. The van der Waals surface area contributed by atoms with Crippen molar-refractivity contribution in [3.8, 4) is 0 Å². The molecule has 0 spiro atoms. The highest BCUT2D eigenvalue weighted by molar-refractivity contribution is 9.10. The minimum atomic E-state index is -0.00949. The van der Waals surface area contributed by atoms with E-state index < -0.39 is 0 Å². The molecule has 1 aromatic carbocycles. The Labute approximate surface area is 122 Å². The molecule has 0 aliphatic rings. The van der Waals surface area contributed by atoms with E-state index in [0.717, 1.165) is 22.3 Å². The Bertz CT molecular complexity index is 409. The van der Waals surface area contributed by atoms with Gasteiger partial charge in [-0.25, -0.2) is 0 Å². The fourth-order valence-electron chi connectivity index (χ4n) is 1.44. The molecule has 0 aromatic heterocycles. The number of anilines is 1. The number of nitrogens with one attached hydrogen (secondary N) is 1. The van der Waals surface area contributed by atoms with Gasteiger partial charge in [-0.3, -0.25) is 4.79 Å². The number of benzene rings is 1. The second-order valence-corrected chi connectivity index (χ2v) is 6.64. The quantitative estimate of drug-likeness (QED) is 0.771. The van der Waals surface area contributed by atoms with E-state index in [-0.39, 0.29) is 11.2 Å². The van der Waals surface area contributed by atoms with Gasteiger partial charge in [0.25, 0.3) is 0 Å². The predicted molar refractivity (Wildman–Crippen MR) is 84.3 cm³/mol. The van der Waals surface area contributed by atoms with Gasteiger partial charge in [0.15, 0.2) is 0 Å². The van der Waals surface area contributed by atoms with Crippen LogP contribution in [-0.4, -0.2) is 16.9 Å². The Balaban J connectivity index is 2.53. The highest BCUT2D eigenvalue weighted by Crippen LogP contribution is 2.24. The average molecular weight is 330 g/mol. The van der Waals surface area contributed by atoms with Crippen LogP contribution in [0, 0.1) is 6.92 Å². The Hall–Kier alpha value is -0.480. The molecular weight excluding hydrogens is 310 g/mol. The number of hydrogen-bond donors (Lipinski definition) is 1. The Kier molecular flexibility index (Phi) is 6.79. The van der Waals surface area contributed by atoms with Crippen molar-refractivity contribution in [2.75, 3.05) is 11.1 Å². The Morgan fingerprint density at radius 2 is 2.22 bits per heavy atom. The summed E-state index contributed by atoms with van der Waals surface area (Å²) in [5, 5.41) is 2.95. The van der Waals surface area contributed by atoms with Crippen molar-refractivity contribution in [3.63, 3.8) is 0 Å². The van der Waals surface area contributed by atoms with Crippen molar-refractivity contribution in [2.24, 2.45) is 0 Å². The molecule has 1 rings (SSSR count). The van der Waals surface area contributed by atoms with E-state index in [1.54, 1.807) is 11.8 Å². The minimum absolute atomic E-state index is 0.00949. The van der Waals surface area contributed by atoms with Gasteiger partial charge in [0.05, 0.1) is 10.9 Å². The molecule has 4 heteroatoms. The number of thioether (sulfide) groups is 1. The molecule has 1 amide bonds. The lowest BCUT2D eigenvalue weighted by atomic mass is 10.2. The molecule has 0 aliphatic heterocycles. The summed E-state index contributed by atoms with van der Waals surface area (Å²) in [6.07, 6.45) is 2.33. The van der Waals surface area contributed by atoms with Gasteiger partial charge in [-0.1, -0.05) is 19.4 Å². The molecule has 2 nitrogen and oxygen atoms in total. The lowest BCUT2D eigenvalue weighted by Crippen LogP contribution is -2.23. The van der Waals surface area contributed by atoms with Gasteiger partial charge in [0, 0.05) is 4.47 Å². The zero-order valence-corrected chi connectivity index (χ0v) is 13.5. The summed E-state index contributed by atoms with van der Waals surface area (Å²) in [7, 11) is 0. The van der Waals surface area contributed by atoms with Gasteiger partial charge in [0.1, 0.15) is 0 Å². The topological polar surface area (TPSA) is 29.1 Å². The highest BCUT2D eigenvalue weighted by atomic mass is 79.9. The number of carbonyl (C=O) groups excluding carboxylic acids is 1. The fourth-order valence-corrected chi connectivity index (χ4v) is 3.05. The molecular formula is C14H20BrNOS. The maximum Gasteiger partial charge on any atom is 0.237 e. The summed E-state index contributed by atoms with van der Waals surface area (Å²) in [4.78, 5) is 12.0. The molecule has 0 fully saturated rings. The molecule has 0 saturated carbocycles. The van der Waals surface area contributed by atoms with Crippen LogP contribution in [0.25, 0.3) is 0 Å². The number of aryl methyl sites for hydroxylation is 1. The van der Waals surface area contributed by atoms with Crippen LogP contribution in [-0.2, 0) is 4.79 Å². The van der Waals surface area contributed by atoms with Crippen molar-refractivity contribution in [1.29, 1.82) is 0 Å². The Morgan fingerprint density at radius 3 is 2.83 bits per heavy atom. The lowest BCUT2D eigenvalue weighted by Gasteiger charge is -2.13. The summed E-state index contributed by atoms with van der Waals surface area (Å²) >= 11 is 5.18. The van der Waals surface area contributed by atoms with E-state index in [4.69, 9.17) is 0 Å². The van der Waals surface area contributed by atoms with Gasteiger partial charge in [-0.2, -0.15) is 0 Å². The molecule has 0 bridgehead atoms. The second-order valence-electron chi connectivity index (χ2n) is 4.34. The fraction of sp³-hybridized carbons (Fsp3) is 0.500. The van der Waals surface area contributed by atoms with Crippen molar-refractivity contribution < 1.29 is 4.79 Å². The summed E-state index contributed by atoms with van der Waals surface area (Å²) in [5.74, 6) is 1.11. The second kappa shape index (κ2) is 7.85. The third kappa shape index (κ3) is 5.02. The molecule has 100 valence electrons. The number of rotatable bonds is 6. The van der Waals surface area contributed by atoms with Crippen molar-refractivity contribution in [1.82, 2.24) is 0 Å². The van der Waals surface area contributed by atoms with Crippen molar-refractivity contribution in [2.45, 2.75) is 38.9 Å². The zero-order chi connectivity index (χ0) is 13.5. The maximum atomic E-state index is 12.0. The van der Waals surface area contributed by atoms with Crippen LogP contribution in [0.2, 0.25) is 0 Å². The number of amides is 1. The zero-order valence-electron chi connectivity index (χ0n) is 11.1. The van der Waals surface area contributed by atoms with Crippen LogP contribution >= 0.6 is 27.7 Å². The third-order valence-electron chi connectivity index (χ3n) is 2.62. The van der Waals surface area contributed by atoms with Gasteiger partial charge in [-0.05, 0) is 59.6 Å². The first-order valence-corrected chi connectivity index (χ1v) is 8.07.